The minimum atomic E-state index is 0. The van der Waals surface area contributed by atoms with Crippen LogP contribution in [0.25, 0.3) is 5.69 Å². The van der Waals surface area contributed by atoms with Crippen molar-refractivity contribution in [3.8, 4) is 5.69 Å². The van der Waals surface area contributed by atoms with Gasteiger partial charge in [0.05, 0.1) is 0 Å². The Hall–Kier alpha value is -1.54. The van der Waals surface area contributed by atoms with Crippen LogP contribution in [0.3, 0.4) is 0 Å². The molecule has 1 heterocycles. The van der Waals surface area contributed by atoms with Crippen molar-refractivity contribution in [2.24, 2.45) is 0 Å². The van der Waals surface area contributed by atoms with Crippen LogP contribution in [0.2, 0.25) is 0 Å². The smallest absolute Gasteiger partial charge is 0.233 e. The van der Waals surface area contributed by atoms with Crippen molar-refractivity contribution in [1.82, 2.24) is 0 Å². The summed E-state index contributed by atoms with van der Waals surface area (Å²) in [6.07, 6.45) is 3.96. The maximum Gasteiger partial charge on any atom is 0.233 e. The first-order valence-corrected chi connectivity index (χ1v) is 4.19. The highest BCUT2D eigenvalue weighted by atomic mass is 35.5. The van der Waals surface area contributed by atoms with Crippen molar-refractivity contribution in [2.75, 3.05) is 5.73 Å². The normalized spacial score (nSPS) is 9.14. The second kappa shape index (κ2) is 4.63. The van der Waals surface area contributed by atoms with E-state index < -0.39 is 0 Å². The molecule has 0 aliphatic carbocycles. The second-order valence-corrected chi connectivity index (χ2v) is 2.84. The topological polar surface area (TPSA) is 29.9 Å². The van der Waals surface area contributed by atoms with Crippen LogP contribution in [0.1, 0.15) is 0 Å². The number of aromatic nitrogens is 1. The van der Waals surface area contributed by atoms with Gasteiger partial charge in [-0.25, -0.2) is 0 Å². The van der Waals surface area contributed by atoms with Crippen molar-refractivity contribution in [3.63, 3.8) is 0 Å². The zero-order chi connectivity index (χ0) is 9.10. The zero-order valence-electron chi connectivity index (χ0n) is 7.60. The van der Waals surface area contributed by atoms with Crippen LogP contribution in [-0.2, 0) is 0 Å². The van der Waals surface area contributed by atoms with Gasteiger partial charge in [-0.05, 0) is 6.07 Å². The van der Waals surface area contributed by atoms with Crippen LogP contribution in [-0.4, -0.2) is 0 Å². The highest BCUT2D eigenvalue weighted by Gasteiger charge is 2.06. The molecule has 0 atom stereocenters. The first-order chi connectivity index (χ1) is 6.38. The number of benzene rings is 1. The SMILES string of the molecule is Nc1ccccc1-[n+]1ccccc1.[Cl-]. The van der Waals surface area contributed by atoms with Gasteiger partial charge in [0.2, 0.25) is 5.69 Å². The van der Waals surface area contributed by atoms with E-state index in [9.17, 15) is 0 Å². The van der Waals surface area contributed by atoms with E-state index in [0.717, 1.165) is 11.4 Å². The van der Waals surface area contributed by atoms with E-state index in [1.165, 1.54) is 0 Å². The predicted molar refractivity (Wildman–Crippen MR) is 52.4 cm³/mol. The van der Waals surface area contributed by atoms with E-state index >= 15 is 0 Å². The van der Waals surface area contributed by atoms with E-state index in [1.54, 1.807) is 0 Å². The number of pyridine rings is 1. The molecule has 72 valence electrons. The molecule has 0 spiro atoms. The number of hydrogen-bond donors (Lipinski definition) is 1. The molecule has 0 unspecified atom stereocenters. The standard InChI is InChI=1S/C11H11N2.ClH/c12-10-6-2-3-7-11(10)13-8-4-1-5-9-13;/h1-9H,12H2;1H/q+1;/p-1. The average molecular weight is 207 g/mol. The van der Waals surface area contributed by atoms with Crippen molar-refractivity contribution >= 4 is 5.69 Å². The molecule has 0 saturated heterocycles. The molecule has 3 heteroatoms. The lowest BCUT2D eigenvalue weighted by molar-refractivity contribution is -0.594. The molecule has 2 aromatic rings. The van der Waals surface area contributed by atoms with Crippen molar-refractivity contribution < 1.29 is 17.0 Å². The number of nitrogen functional groups attached to an aromatic ring is 1. The second-order valence-electron chi connectivity index (χ2n) is 2.84. The fourth-order valence-corrected chi connectivity index (χ4v) is 1.28. The highest BCUT2D eigenvalue weighted by molar-refractivity contribution is 5.51. The lowest BCUT2D eigenvalue weighted by atomic mass is 10.2. The predicted octanol–water partition coefficient (Wildman–Crippen LogP) is -1.45. The average Bonchev–Trinajstić information content (AvgIpc) is 2.20. The van der Waals surface area contributed by atoms with Crippen molar-refractivity contribution in [2.45, 2.75) is 0 Å². The Kier molecular flexibility index (Phi) is 3.48. The third kappa shape index (κ3) is 2.03. The molecule has 0 fully saturated rings. The summed E-state index contributed by atoms with van der Waals surface area (Å²) in [5, 5.41) is 0. The zero-order valence-corrected chi connectivity index (χ0v) is 8.35. The third-order valence-corrected chi connectivity index (χ3v) is 1.93. The van der Waals surface area contributed by atoms with Gasteiger partial charge in [0.1, 0.15) is 5.69 Å². The van der Waals surface area contributed by atoms with E-state index in [4.69, 9.17) is 5.73 Å². The van der Waals surface area contributed by atoms with Crippen molar-refractivity contribution in [1.29, 1.82) is 0 Å². The molecule has 0 bridgehead atoms. The number of halogens is 1. The summed E-state index contributed by atoms with van der Waals surface area (Å²) in [6.45, 7) is 0. The van der Waals surface area contributed by atoms with Gasteiger partial charge in [0.15, 0.2) is 12.4 Å². The first-order valence-electron chi connectivity index (χ1n) is 4.19. The summed E-state index contributed by atoms with van der Waals surface area (Å²) in [7, 11) is 0. The molecule has 0 aliphatic heterocycles. The monoisotopic (exact) mass is 206 g/mol. The quantitative estimate of drug-likeness (QED) is 0.449. The largest absolute Gasteiger partial charge is 1.00 e. The minimum Gasteiger partial charge on any atom is -1.00 e. The molecule has 14 heavy (non-hydrogen) atoms. The number of anilines is 1. The number of rotatable bonds is 1. The van der Waals surface area contributed by atoms with E-state index in [0.29, 0.717) is 0 Å². The van der Waals surface area contributed by atoms with Gasteiger partial charge in [-0.3, -0.25) is 0 Å². The summed E-state index contributed by atoms with van der Waals surface area (Å²) < 4.78 is 2.00. The molecule has 0 aliphatic rings. The molecule has 2 rings (SSSR count). The molecule has 2 nitrogen and oxygen atoms in total. The Morgan fingerprint density at radius 1 is 0.857 bits per heavy atom. The van der Waals surface area contributed by atoms with Crippen LogP contribution in [0.5, 0.6) is 0 Å². The van der Waals surface area contributed by atoms with E-state index in [1.807, 2.05) is 59.4 Å². The lowest BCUT2D eigenvalue weighted by Gasteiger charge is -1.97. The number of nitrogens with zero attached hydrogens (tertiary/aromatic N) is 1. The lowest BCUT2D eigenvalue weighted by Crippen LogP contribution is -3.00. The van der Waals surface area contributed by atoms with Crippen LogP contribution < -0.4 is 22.7 Å². The first kappa shape index (κ1) is 10.5. The highest BCUT2D eigenvalue weighted by Crippen LogP contribution is 2.08. The summed E-state index contributed by atoms with van der Waals surface area (Å²) in [4.78, 5) is 0. The van der Waals surface area contributed by atoms with Crippen LogP contribution in [0.4, 0.5) is 5.69 Å². The third-order valence-electron chi connectivity index (χ3n) is 1.93. The van der Waals surface area contributed by atoms with Gasteiger partial charge >= 0.3 is 0 Å². The molecule has 1 aromatic carbocycles. The van der Waals surface area contributed by atoms with Crippen LogP contribution in [0.15, 0.2) is 54.9 Å². The molecular weight excluding hydrogens is 196 g/mol. The molecule has 2 N–H and O–H groups in total. The Labute approximate surface area is 89.4 Å². The van der Waals surface area contributed by atoms with E-state index in [-0.39, 0.29) is 12.4 Å². The Balaban J connectivity index is 0.000000980. The van der Waals surface area contributed by atoms with Gasteiger partial charge in [-0.15, -0.1) is 0 Å². The molecule has 0 amide bonds. The molecule has 0 radical (unpaired) electrons. The summed E-state index contributed by atoms with van der Waals surface area (Å²) in [5.74, 6) is 0. The van der Waals surface area contributed by atoms with Gasteiger partial charge in [-0.1, -0.05) is 18.2 Å². The number of nitrogens with two attached hydrogens (primary N) is 1. The fraction of sp³-hybridized carbons (Fsp3) is 0. The molecule has 1 aromatic heterocycles. The van der Waals surface area contributed by atoms with Crippen LogP contribution >= 0.6 is 0 Å². The Morgan fingerprint density at radius 3 is 2.14 bits per heavy atom. The fourth-order valence-electron chi connectivity index (χ4n) is 1.28. The van der Waals surface area contributed by atoms with E-state index in [2.05, 4.69) is 0 Å². The molecule has 0 saturated carbocycles. The van der Waals surface area contributed by atoms with Crippen molar-refractivity contribution in [3.05, 3.63) is 54.9 Å². The van der Waals surface area contributed by atoms with Gasteiger partial charge in [0.25, 0.3) is 0 Å². The summed E-state index contributed by atoms with van der Waals surface area (Å²) in [5.41, 5.74) is 7.64. The van der Waals surface area contributed by atoms with Gasteiger partial charge < -0.3 is 18.1 Å². The van der Waals surface area contributed by atoms with Gasteiger partial charge in [-0.2, -0.15) is 4.57 Å². The Bertz CT molecular complexity index is 401. The maximum atomic E-state index is 5.83. The number of hydrogen-bond acceptors (Lipinski definition) is 1. The Morgan fingerprint density at radius 2 is 1.50 bits per heavy atom. The van der Waals surface area contributed by atoms with Gasteiger partial charge in [0, 0.05) is 18.2 Å². The minimum absolute atomic E-state index is 0. The summed E-state index contributed by atoms with van der Waals surface area (Å²) >= 11 is 0. The number of para-hydroxylation sites is 2. The van der Waals surface area contributed by atoms with Crippen LogP contribution in [0, 0.1) is 0 Å². The maximum absolute atomic E-state index is 5.83. The molecular formula is C11H11ClN2. The summed E-state index contributed by atoms with van der Waals surface area (Å²) in [6, 6.07) is 13.7.